The van der Waals surface area contributed by atoms with Gasteiger partial charge in [-0.15, -0.1) is 0 Å². The van der Waals surface area contributed by atoms with Gasteiger partial charge in [-0.2, -0.15) is 4.37 Å². The van der Waals surface area contributed by atoms with Gasteiger partial charge in [0.25, 0.3) is 0 Å². The molecule has 0 radical (unpaired) electrons. The van der Waals surface area contributed by atoms with E-state index in [1.165, 1.54) is 21.6 Å². The number of carbonyl (C=O) groups is 2. The molecule has 1 saturated heterocycles. The van der Waals surface area contributed by atoms with Crippen LogP contribution in [0.5, 0.6) is 0 Å². The van der Waals surface area contributed by atoms with Gasteiger partial charge in [0, 0.05) is 51.0 Å². The third-order valence-corrected chi connectivity index (χ3v) is 5.72. The Labute approximate surface area is 164 Å². The summed E-state index contributed by atoms with van der Waals surface area (Å²) in [6.45, 7) is 7.86. The van der Waals surface area contributed by atoms with Crippen molar-refractivity contribution in [1.29, 1.82) is 0 Å². The molecule has 2 amide bonds. The highest BCUT2D eigenvalue weighted by Crippen LogP contribution is 2.29. The monoisotopic (exact) mass is 388 g/mol. The molecule has 2 heterocycles. The molecule has 1 aliphatic heterocycles. The number of hydrogen-bond acceptors (Lipinski definition) is 5. The number of nitrogens with one attached hydrogen (secondary N) is 1. The molecule has 0 atom stereocenters. The van der Waals surface area contributed by atoms with Crippen molar-refractivity contribution < 1.29 is 9.59 Å². The van der Waals surface area contributed by atoms with Crippen molar-refractivity contribution in [3.05, 3.63) is 24.3 Å². The number of aromatic nitrogens is 1. The highest BCUT2D eigenvalue weighted by molar-refractivity contribution is 7.13. The van der Waals surface area contributed by atoms with E-state index in [-0.39, 0.29) is 24.7 Å². The van der Waals surface area contributed by atoms with E-state index < -0.39 is 0 Å². The molecule has 1 fully saturated rings. The van der Waals surface area contributed by atoms with Crippen molar-refractivity contribution in [2.45, 2.75) is 33.1 Å². The Morgan fingerprint density at radius 2 is 1.89 bits per heavy atom. The fraction of sp³-hybridized carbons (Fsp3) is 0.550. The first-order chi connectivity index (χ1) is 13.0. The SMILES string of the molecule is CC(C)CCNC(=O)CCC(=O)N1CCN(c2nsc3ccccc23)CC1. The standard InChI is InChI=1S/C20H28N4O2S/c1-15(2)9-10-21-18(25)7-8-19(26)23-11-13-24(14-12-23)20-16-5-3-4-6-17(16)27-22-20/h3-6,15H,7-14H2,1-2H3,(H,21,25). The maximum Gasteiger partial charge on any atom is 0.223 e. The van der Waals surface area contributed by atoms with Crippen molar-refractivity contribution in [1.82, 2.24) is 14.6 Å². The first kappa shape index (κ1) is 19.6. The Hall–Kier alpha value is -2.15. The molecule has 7 heteroatoms. The number of hydrogen-bond donors (Lipinski definition) is 1. The molecule has 0 saturated carbocycles. The van der Waals surface area contributed by atoms with Crippen LogP contribution in [0.4, 0.5) is 5.82 Å². The third-order valence-electron chi connectivity index (χ3n) is 4.90. The van der Waals surface area contributed by atoms with Gasteiger partial charge >= 0.3 is 0 Å². The third kappa shape index (κ3) is 5.19. The summed E-state index contributed by atoms with van der Waals surface area (Å²) in [5.41, 5.74) is 0. The summed E-state index contributed by atoms with van der Waals surface area (Å²) in [5, 5.41) is 4.07. The molecule has 1 aliphatic rings. The Morgan fingerprint density at radius 3 is 2.63 bits per heavy atom. The van der Waals surface area contributed by atoms with Gasteiger partial charge in [0.05, 0.1) is 4.70 Å². The Bertz CT molecular complexity index is 781. The predicted molar refractivity (Wildman–Crippen MR) is 110 cm³/mol. The average Bonchev–Trinajstić information content (AvgIpc) is 3.10. The van der Waals surface area contributed by atoms with Crippen LogP contribution >= 0.6 is 11.5 Å². The van der Waals surface area contributed by atoms with Gasteiger partial charge in [-0.05, 0) is 36.0 Å². The topological polar surface area (TPSA) is 65.5 Å². The second kappa shape index (κ2) is 9.17. The fourth-order valence-electron chi connectivity index (χ4n) is 3.24. The molecule has 1 aromatic carbocycles. The fourth-order valence-corrected chi connectivity index (χ4v) is 4.03. The van der Waals surface area contributed by atoms with E-state index in [0.717, 1.165) is 25.3 Å². The molecular weight excluding hydrogens is 360 g/mol. The van der Waals surface area contributed by atoms with Gasteiger partial charge in [0.15, 0.2) is 0 Å². The summed E-state index contributed by atoms with van der Waals surface area (Å²) in [6, 6.07) is 8.25. The maximum atomic E-state index is 12.4. The van der Waals surface area contributed by atoms with E-state index >= 15 is 0 Å². The molecule has 0 spiro atoms. The van der Waals surface area contributed by atoms with Crippen molar-refractivity contribution in [2.24, 2.45) is 5.92 Å². The molecule has 2 aromatic rings. The summed E-state index contributed by atoms with van der Waals surface area (Å²) in [4.78, 5) is 28.4. The lowest BCUT2D eigenvalue weighted by atomic mass is 10.1. The summed E-state index contributed by atoms with van der Waals surface area (Å²) in [6.07, 6.45) is 1.52. The number of rotatable bonds is 7. The number of fused-ring (bicyclic) bond motifs is 1. The summed E-state index contributed by atoms with van der Waals surface area (Å²) < 4.78 is 5.79. The summed E-state index contributed by atoms with van der Waals surface area (Å²) in [5.74, 6) is 1.62. The van der Waals surface area contributed by atoms with E-state index in [4.69, 9.17) is 0 Å². The van der Waals surface area contributed by atoms with Crippen LogP contribution in [0.1, 0.15) is 33.1 Å². The zero-order chi connectivity index (χ0) is 19.2. The second-order valence-corrected chi connectivity index (χ2v) is 8.21. The first-order valence-corrected chi connectivity index (χ1v) is 10.5. The molecule has 27 heavy (non-hydrogen) atoms. The molecule has 3 rings (SSSR count). The van der Waals surface area contributed by atoms with E-state index in [2.05, 4.69) is 40.6 Å². The number of anilines is 1. The van der Waals surface area contributed by atoms with Crippen LogP contribution in [0, 0.1) is 5.92 Å². The summed E-state index contributed by atoms with van der Waals surface area (Å²) >= 11 is 1.52. The lowest BCUT2D eigenvalue weighted by Crippen LogP contribution is -2.49. The molecule has 0 bridgehead atoms. The minimum atomic E-state index is -0.0309. The Kier molecular flexibility index (Phi) is 6.66. The number of amides is 2. The number of carbonyl (C=O) groups excluding carboxylic acids is 2. The van der Waals surface area contributed by atoms with Crippen LogP contribution < -0.4 is 10.2 Å². The van der Waals surface area contributed by atoms with Crippen molar-refractivity contribution in [2.75, 3.05) is 37.6 Å². The minimum Gasteiger partial charge on any atom is -0.356 e. The highest BCUT2D eigenvalue weighted by Gasteiger charge is 2.23. The summed E-state index contributed by atoms with van der Waals surface area (Å²) in [7, 11) is 0. The predicted octanol–water partition coefficient (Wildman–Crippen LogP) is 2.89. The zero-order valence-corrected chi connectivity index (χ0v) is 16.9. The van der Waals surface area contributed by atoms with E-state index in [9.17, 15) is 9.59 Å². The molecule has 0 aliphatic carbocycles. The van der Waals surface area contributed by atoms with Crippen molar-refractivity contribution in [3.8, 4) is 0 Å². The average molecular weight is 389 g/mol. The maximum absolute atomic E-state index is 12.4. The number of piperazine rings is 1. The minimum absolute atomic E-state index is 0.0309. The second-order valence-electron chi connectivity index (χ2n) is 7.40. The Balaban J connectivity index is 1.43. The van der Waals surface area contributed by atoms with Gasteiger partial charge in [-0.3, -0.25) is 9.59 Å². The van der Waals surface area contributed by atoms with Crippen LogP contribution in [0.3, 0.4) is 0 Å². The van der Waals surface area contributed by atoms with Crippen LogP contribution in [0.2, 0.25) is 0 Å². The first-order valence-electron chi connectivity index (χ1n) is 9.68. The zero-order valence-electron chi connectivity index (χ0n) is 16.1. The Morgan fingerprint density at radius 1 is 1.15 bits per heavy atom. The lowest BCUT2D eigenvalue weighted by Gasteiger charge is -2.35. The molecule has 6 nitrogen and oxygen atoms in total. The number of benzene rings is 1. The molecule has 1 aromatic heterocycles. The van der Waals surface area contributed by atoms with Crippen LogP contribution in [0.15, 0.2) is 24.3 Å². The van der Waals surface area contributed by atoms with Crippen molar-refractivity contribution >= 4 is 39.3 Å². The lowest BCUT2D eigenvalue weighted by molar-refractivity contribution is -0.133. The van der Waals surface area contributed by atoms with Gasteiger partial charge in [-0.25, -0.2) is 0 Å². The van der Waals surface area contributed by atoms with Gasteiger partial charge in [0.2, 0.25) is 11.8 Å². The van der Waals surface area contributed by atoms with Gasteiger partial charge in [-0.1, -0.05) is 26.0 Å². The van der Waals surface area contributed by atoms with Crippen molar-refractivity contribution in [3.63, 3.8) is 0 Å². The normalized spacial score (nSPS) is 14.8. The van der Waals surface area contributed by atoms with E-state index in [1.807, 2.05) is 17.0 Å². The number of nitrogens with zero attached hydrogens (tertiary/aromatic N) is 3. The highest BCUT2D eigenvalue weighted by atomic mass is 32.1. The van der Waals surface area contributed by atoms with Gasteiger partial charge < -0.3 is 15.1 Å². The van der Waals surface area contributed by atoms with E-state index in [0.29, 0.717) is 25.6 Å². The molecule has 1 N–H and O–H groups in total. The largest absolute Gasteiger partial charge is 0.356 e. The van der Waals surface area contributed by atoms with Crippen LogP contribution in [0.25, 0.3) is 10.1 Å². The molecule has 0 unspecified atom stereocenters. The van der Waals surface area contributed by atoms with Crippen LogP contribution in [-0.4, -0.2) is 53.8 Å². The van der Waals surface area contributed by atoms with E-state index in [1.54, 1.807) is 0 Å². The van der Waals surface area contributed by atoms with Crippen LogP contribution in [-0.2, 0) is 9.59 Å². The van der Waals surface area contributed by atoms with Gasteiger partial charge in [0.1, 0.15) is 5.82 Å². The molecule has 146 valence electrons. The smallest absolute Gasteiger partial charge is 0.223 e. The molecular formula is C20H28N4O2S. The quantitative estimate of drug-likeness (QED) is 0.792.